The van der Waals surface area contributed by atoms with Crippen molar-refractivity contribution in [3.05, 3.63) is 40.0 Å². The molecule has 140 valence electrons. The van der Waals surface area contributed by atoms with Crippen LogP contribution in [0.1, 0.15) is 51.6 Å². The molecule has 1 aromatic rings. The number of rotatable bonds is 1. The number of piperidine rings is 1. The third kappa shape index (κ3) is 3.85. The molecule has 0 saturated carbocycles. The first kappa shape index (κ1) is 18.3. The van der Waals surface area contributed by atoms with E-state index in [-0.39, 0.29) is 6.09 Å². The van der Waals surface area contributed by atoms with Crippen LogP contribution < -0.4 is 4.74 Å². The van der Waals surface area contributed by atoms with Crippen molar-refractivity contribution in [2.45, 2.75) is 57.3 Å². The van der Waals surface area contributed by atoms with Gasteiger partial charge in [0, 0.05) is 42.5 Å². The zero-order chi connectivity index (χ0) is 18.9. The van der Waals surface area contributed by atoms with Crippen LogP contribution >= 0.6 is 0 Å². The molecule has 1 saturated heterocycles. The first-order valence-corrected chi connectivity index (χ1v) is 8.72. The third-order valence-electron chi connectivity index (χ3n) is 4.74. The summed E-state index contributed by atoms with van der Waals surface area (Å²) in [6.07, 6.45) is 1.30. The van der Waals surface area contributed by atoms with Crippen LogP contribution in [0, 0.1) is 5.82 Å². The topological polar surface area (TPSA) is 87.5 Å². The molecule has 2 aliphatic rings. The van der Waals surface area contributed by atoms with Gasteiger partial charge in [-0.3, -0.25) is 0 Å². The number of likely N-dealkylation sites (tertiary alicyclic amines) is 1. The molecule has 0 aliphatic carbocycles. The Balaban J connectivity index is 1.76. The van der Waals surface area contributed by atoms with Crippen LogP contribution in [0.4, 0.5) is 9.18 Å². The fourth-order valence-electron chi connectivity index (χ4n) is 3.50. The molecule has 1 fully saturated rings. The molecule has 26 heavy (non-hydrogen) atoms. The van der Waals surface area contributed by atoms with Crippen molar-refractivity contribution in [2.24, 2.45) is 5.11 Å². The van der Waals surface area contributed by atoms with Crippen LogP contribution in [0.25, 0.3) is 10.4 Å². The van der Waals surface area contributed by atoms with Gasteiger partial charge in [-0.2, -0.15) is 0 Å². The molecule has 1 unspecified atom stereocenters. The Morgan fingerprint density at radius 1 is 1.42 bits per heavy atom. The Bertz CT molecular complexity index is 747. The average molecular weight is 362 g/mol. The molecule has 1 atom stereocenters. The number of halogens is 1. The molecule has 3 rings (SSSR count). The van der Waals surface area contributed by atoms with Gasteiger partial charge in [-0.1, -0.05) is 11.2 Å². The number of benzene rings is 1. The molecular formula is C18H23FN4O3. The van der Waals surface area contributed by atoms with Gasteiger partial charge >= 0.3 is 6.09 Å². The van der Waals surface area contributed by atoms with Crippen molar-refractivity contribution in [1.29, 1.82) is 0 Å². The van der Waals surface area contributed by atoms with Gasteiger partial charge in [-0.25, -0.2) is 9.18 Å². The van der Waals surface area contributed by atoms with Crippen molar-refractivity contribution in [1.82, 2.24) is 4.90 Å². The van der Waals surface area contributed by atoms with E-state index in [0.717, 1.165) is 0 Å². The molecule has 8 heteroatoms. The van der Waals surface area contributed by atoms with Gasteiger partial charge in [-0.05, 0) is 38.8 Å². The van der Waals surface area contributed by atoms with Crippen molar-refractivity contribution in [3.8, 4) is 5.75 Å². The molecular weight excluding hydrogens is 339 g/mol. The van der Waals surface area contributed by atoms with E-state index in [1.165, 1.54) is 12.1 Å². The van der Waals surface area contributed by atoms with Gasteiger partial charge < -0.3 is 14.4 Å². The highest BCUT2D eigenvalue weighted by Crippen LogP contribution is 2.46. The summed E-state index contributed by atoms with van der Waals surface area (Å²) in [4.78, 5) is 16.8. The van der Waals surface area contributed by atoms with E-state index < -0.39 is 23.1 Å². The quantitative estimate of drug-likeness (QED) is 0.411. The standard InChI is InChI=1S/C18H23FN4O3/c1-17(2,3)26-16(24)23-8-6-18(7-9-23)11-14(21-22-20)13-5-4-12(19)10-15(13)25-18/h4-5,10,14H,6-9,11H2,1-3H3. The summed E-state index contributed by atoms with van der Waals surface area (Å²) in [5.41, 5.74) is 8.46. The first-order chi connectivity index (χ1) is 12.2. The number of hydrogen-bond donors (Lipinski definition) is 0. The lowest BCUT2D eigenvalue weighted by Gasteiger charge is -2.46. The second-order valence-electron chi connectivity index (χ2n) is 7.86. The Hall–Kier alpha value is -2.47. The summed E-state index contributed by atoms with van der Waals surface area (Å²) < 4.78 is 25.2. The van der Waals surface area contributed by atoms with Crippen LogP contribution in [0.15, 0.2) is 23.3 Å². The summed E-state index contributed by atoms with van der Waals surface area (Å²) in [6.45, 7) is 6.44. The average Bonchev–Trinajstić information content (AvgIpc) is 2.53. The summed E-state index contributed by atoms with van der Waals surface area (Å²) in [7, 11) is 0. The van der Waals surface area contributed by atoms with E-state index in [0.29, 0.717) is 43.7 Å². The van der Waals surface area contributed by atoms with Crippen LogP contribution in [-0.2, 0) is 4.74 Å². The van der Waals surface area contributed by atoms with Gasteiger partial charge in [0.25, 0.3) is 0 Å². The molecule has 0 bridgehead atoms. The lowest BCUT2D eigenvalue weighted by molar-refractivity contribution is -0.0321. The highest BCUT2D eigenvalue weighted by molar-refractivity contribution is 5.68. The molecule has 0 radical (unpaired) electrons. The number of fused-ring (bicyclic) bond motifs is 1. The van der Waals surface area contributed by atoms with Crippen molar-refractivity contribution < 1.29 is 18.7 Å². The fourth-order valence-corrected chi connectivity index (χ4v) is 3.50. The first-order valence-electron chi connectivity index (χ1n) is 8.72. The number of hydrogen-bond acceptors (Lipinski definition) is 4. The summed E-state index contributed by atoms with van der Waals surface area (Å²) in [5, 5.41) is 3.88. The summed E-state index contributed by atoms with van der Waals surface area (Å²) in [6, 6.07) is 3.87. The lowest BCUT2D eigenvalue weighted by Crippen LogP contribution is -2.52. The minimum Gasteiger partial charge on any atom is -0.487 e. The zero-order valence-electron chi connectivity index (χ0n) is 15.2. The number of azide groups is 1. The number of carbonyl (C=O) groups is 1. The normalized spacial score (nSPS) is 21.4. The molecule has 2 aliphatic heterocycles. The van der Waals surface area contributed by atoms with Crippen molar-refractivity contribution in [2.75, 3.05) is 13.1 Å². The molecule has 0 N–H and O–H groups in total. The van der Waals surface area contributed by atoms with Gasteiger partial charge in [0.05, 0.1) is 6.04 Å². The van der Waals surface area contributed by atoms with Crippen LogP contribution in [0.5, 0.6) is 5.75 Å². The van der Waals surface area contributed by atoms with E-state index in [9.17, 15) is 9.18 Å². The Morgan fingerprint density at radius 3 is 2.73 bits per heavy atom. The van der Waals surface area contributed by atoms with E-state index in [1.807, 2.05) is 20.8 Å². The molecule has 0 aromatic heterocycles. The maximum absolute atomic E-state index is 13.6. The fraction of sp³-hybridized carbons (Fsp3) is 0.611. The lowest BCUT2D eigenvalue weighted by atomic mass is 9.81. The Morgan fingerprint density at radius 2 is 2.12 bits per heavy atom. The second-order valence-corrected chi connectivity index (χ2v) is 7.86. The molecule has 1 amide bonds. The van der Waals surface area contributed by atoms with E-state index in [2.05, 4.69) is 10.0 Å². The van der Waals surface area contributed by atoms with Gasteiger partial charge in [0.15, 0.2) is 0 Å². The van der Waals surface area contributed by atoms with Crippen LogP contribution in [0.2, 0.25) is 0 Å². The maximum atomic E-state index is 13.6. The number of amides is 1. The smallest absolute Gasteiger partial charge is 0.410 e. The highest BCUT2D eigenvalue weighted by Gasteiger charge is 2.44. The largest absolute Gasteiger partial charge is 0.487 e. The van der Waals surface area contributed by atoms with Crippen LogP contribution in [-0.4, -0.2) is 35.3 Å². The molecule has 2 heterocycles. The predicted molar refractivity (Wildman–Crippen MR) is 93.3 cm³/mol. The predicted octanol–water partition coefficient (Wildman–Crippen LogP) is 4.73. The molecule has 1 aromatic carbocycles. The minimum absolute atomic E-state index is 0.346. The van der Waals surface area contributed by atoms with E-state index >= 15 is 0 Å². The van der Waals surface area contributed by atoms with Gasteiger partial charge in [0.2, 0.25) is 0 Å². The number of ether oxygens (including phenoxy) is 2. The number of carbonyl (C=O) groups excluding carboxylic acids is 1. The Kier molecular flexibility index (Phi) is 4.71. The molecule has 1 spiro atoms. The maximum Gasteiger partial charge on any atom is 0.410 e. The SMILES string of the molecule is CC(C)(C)OC(=O)N1CCC2(CC1)CC(N=[N+]=[N-])c1ccc(F)cc1O2. The zero-order valence-corrected chi connectivity index (χ0v) is 15.2. The molecule has 7 nitrogen and oxygen atoms in total. The minimum atomic E-state index is -0.571. The van der Waals surface area contributed by atoms with E-state index in [4.69, 9.17) is 15.0 Å². The van der Waals surface area contributed by atoms with Crippen LogP contribution in [0.3, 0.4) is 0 Å². The second kappa shape index (κ2) is 6.68. The third-order valence-corrected chi connectivity index (χ3v) is 4.74. The summed E-state index contributed by atoms with van der Waals surface area (Å²) in [5.74, 6) is 0.0195. The van der Waals surface area contributed by atoms with Crippen molar-refractivity contribution >= 4 is 6.09 Å². The highest BCUT2D eigenvalue weighted by atomic mass is 19.1. The van der Waals surface area contributed by atoms with E-state index in [1.54, 1.807) is 11.0 Å². The van der Waals surface area contributed by atoms with Gasteiger partial charge in [0.1, 0.15) is 22.8 Å². The van der Waals surface area contributed by atoms with Crippen molar-refractivity contribution in [3.63, 3.8) is 0 Å². The van der Waals surface area contributed by atoms with Gasteiger partial charge in [-0.15, -0.1) is 0 Å². The monoisotopic (exact) mass is 362 g/mol. The summed E-state index contributed by atoms with van der Waals surface area (Å²) >= 11 is 0. The Labute approximate surface area is 151 Å². The number of nitrogens with zero attached hydrogens (tertiary/aromatic N) is 4.